The van der Waals surface area contributed by atoms with Crippen molar-refractivity contribution in [3.8, 4) is 0 Å². The van der Waals surface area contributed by atoms with Crippen LogP contribution in [0.2, 0.25) is 0 Å². The van der Waals surface area contributed by atoms with Gasteiger partial charge >= 0.3 is 5.97 Å². The zero-order valence-corrected chi connectivity index (χ0v) is 20.2. The molecule has 0 spiro atoms. The van der Waals surface area contributed by atoms with Gasteiger partial charge in [0.25, 0.3) is 5.91 Å². The number of carbonyl (C=O) groups is 2. The van der Waals surface area contributed by atoms with Crippen LogP contribution in [0.25, 0.3) is 11.0 Å². The summed E-state index contributed by atoms with van der Waals surface area (Å²) in [6, 6.07) is 13.0. The Balaban J connectivity index is 1.64. The lowest BCUT2D eigenvalue weighted by Crippen LogP contribution is -2.30. The Morgan fingerprint density at radius 3 is 2.32 bits per heavy atom. The van der Waals surface area contributed by atoms with E-state index in [0.717, 1.165) is 5.39 Å². The van der Waals surface area contributed by atoms with E-state index in [1.165, 1.54) is 28.6 Å². The van der Waals surface area contributed by atoms with Crippen LogP contribution in [0.3, 0.4) is 0 Å². The molecule has 1 aromatic heterocycles. The molecule has 34 heavy (non-hydrogen) atoms. The highest BCUT2D eigenvalue weighted by molar-refractivity contribution is 7.89. The highest BCUT2D eigenvalue weighted by Gasteiger charge is 2.23. The summed E-state index contributed by atoms with van der Waals surface area (Å²) < 4.78 is 42.7. The van der Waals surface area contributed by atoms with Crippen LogP contribution in [-0.4, -0.2) is 50.9 Å². The van der Waals surface area contributed by atoms with Crippen molar-refractivity contribution in [3.05, 3.63) is 59.9 Å². The maximum absolute atomic E-state index is 12.6. The van der Waals surface area contributed by atoms with Gasteiger partial charge in [0.15, 0.2) is 6.61 Å². The van der Waals surface area contributed by atoms with E-state index in [4.69, 9.17) is 13.9 Å². The maximum Gasteiger partial charge on any atom is 0.375 e. The molecule has 3 aromatic rings. The molecule has 1 heterocycles. The predicted molar refractivity (Wildman–Crippen MR) is 127 cm³/mol. The standard InChI is InChI=1S/C24H28N2O7S/c1-4-26(5-2)34(29,30)18-13-11-17(12-14-18)25-22(27)16-32-24(28)23-20(15-31-6-3)19-9-7-8-10-21(19)33-23/h7-14H,4-6,15-16H2,1-3H3,(H,25,27). The number of anilines is 1. The minimum atomic E-state index is -3.59. The third kappa shape index (κ3) is 5.64. The van der Waals surface area contributed by atoms with Gasteiger partial charge in [0.2, 0.25) is 15.8 Å². The van der Waals surface area contributed by atoms with Crippen molar-refractivity contribution in [2.24, 2.45) is 0 Å². The number of esters is 1. The van der Waals surface area contributed by atoms with Crippen LogP contribution >= 0.6 is 0 Å². The molecule has 0 saturated heterocycles. The van der Waals surface area contributed by atoms with Crippen LogP contribution in [0.1, 0.15) is 36.9 Å². The average Bonchev–Trinajstić information content (AvgIpc) is 3.21. The number of sulfonamides is 1. The number of rotatable bonds is 11. The van der Waals surface area contributed by atoms with Crippen LogP contribution in [0.15, 0.2) is 57.8 Å². The van der Waals surface area contributed by atoms with Crippen molar-refractivity contribution in [3.63, 3.8) is 0 Å². The van der Waals surface area contributed by atoms with Crippen molar-refractivity contribution < 1.29 is 31.9 Å². The molecule has 0 aliphatic rings. The summed E-state index contributed by atoms with van der Waals surface area (Å²) in [4.78, 5) is 25.0. The van der Waals surface area contributed by atoms with Crippen molar-refractivity contribution >= 4 is 38.6 Å². The molecule has 182 valence electrons. The van der Waals surface area contributed by atoms with Crippen LogP contribution < -0.4 is 5.32 Å². The smallest absolute Gasteiger partial charge is 0.375 e. The number of hydrogen-bond acceptors (Lipinski definition) is 7. The molecule has 0 fully saturated rings. The van der Waals surface area contributed by atoms with Crippen molar-refractivity contribution in [1.82, 2.24) is 4.31 Å². The Morgan fingerprint density at radius 1 is 1.00 bits per heavy atom. The number of furan rings is 1. The molecule has 2 aromatic carbocycles. The molecule has 1 N–H and O–H groups in total. The number of hydrogen-bond donors (Lipinski definition) is 1. The first-order valence-corrected chi connectivity index (χ1v) is 12.4. The summed E-state index contributed by atoms with van der Waals surface area (Å²) in [6.45, 7) is 6.20. The van der Waals surface area contributed by atoms with Gasteiger partial charge in [-0.2, -0.15) is 4.31 Å². The van der Waals surface area contributed by atoms with Gasteiger partial charge in [-0.1, -0.05) is 32.0 Å². The number of ether oxygens (including phenoxy) is 2. The Labute approximate surface area is 198 Å². The Morgan fingerprint density at radius 2 is 1.68 bits per heavy atom. The van der Waals surface area contributed by atoms with Crippen LogP contribution in [0, 0.1) is 0 Å². The number of fused-ring (bicyclic) bond motifs is 1. The third-order valence-corrected chi connectivity index (χ3v) is 7.21. The molecule has 0 unspecified atom stereocenters. The number of amides is 1. The van der Waals surface area contributed by atoms with Gasteiger partial charge in [0.1, 0.15) is 5.58 Å². The minimum Gasteiger partial charge on any atom is -0.450 e. The molecule has 0 radical (unpaired) electrons. The van der Waals surface area contributed by atoms with Gasteiger partial charge in [-0.25, -0.2) is 13.2 Å². The molecule has 3 rings (SSSR count). The number of benzene rings is 2. The summed E-state index contributed by atoms with van der Waals surface area (Å²) in [6.07, 6.45) is 0. The summed E-state index contributed by atoms with van der Waals surface area (Å²) in [5.41, 5.74) is 1.46. The van der Waals surface area contributed by atoms with Gasteiger partial charge in [0.05, 0.1) is 11.5 Å². The monoisotopic (exact) mass is 488 g/mol. The Kier molecular flexibility index (Phi) is 8.43. The predicted octanol–water partition coefficient (Wildman–Crippen LogP) is 3.80. The number of para-hydroxylation sites is 1. The van der Waals surface area contributed by atoms with E-state index in [1.807, 2.05) is 19.1 Å². The van der Waals surface area contributed by atoms with Crippen LogP contribution in [0.4, 0.5) is 5.69 Å². The number of carbonyl (C=O) groups excluding carboxylic acids is 2. The molecule has 10 heteroatoms. The lowest BCUT2D eigenvalue weighted by molar-refractivity contribution is -0.119. The van der Waals surface area contributed by atoms with Crippen LogP contribution in [0.5, 0.6) is 0 Å². The SMILES string of the molecule is CCOCc1c(C(=O)OCC(=O)Nc2ccc(S(=O)(=O)N(CC)CC)cc2)oc2ccccc12. The molecule has 1 amide bonds. The first-order chi connectivity index (χ1) is 16.3. The highest BCUT2D eigenvalue weighted by Crippen LogP contribution is 2.27. The quantitative estimate of drug-likeness (QED) is 0.408. The summed E-state index contributed by atoms with van der Waals surface area (Å²) in [7, 11) is -3.59. The van der Waals surface area contributed by atoms with Gasteiger partial charge in [-0.3, -0.25) is 4.79 Å². The largest absolute Gasteiger partial charge is 0.450 e. The minimum absolute atomic E-state index is 0.00610. The average molecular weight is 489 g/mol. The Hall–Kier alpha value is -3.21. The first kappa shape index (κ1) is 25.4. The van der Waals surface area contributed by atoms with Crippen molar-refractivity contribution in [1.29, 1.82) is 0 Å². The third-order valence-electron chi connectivity index (χ3n) is 5.15. The van der Waals surface area contributed by atoms with Gasteiger partial charge in [-0.15, -0.1) is 0 Å². The second kappa shape index (κ2) is 11.3. The summed E-state index contributed by atoms with van der Waals surface area (Å²) in [5.74, 6) is -1.36. The fourth-order valence-electron chi connectivity index (χ4n) is 3.43. The molecule has 9 nitrogen and oxygen atoms in total. The van der Waals surface area contributed by atoms with E-state index in [-0.39, 0.29) is 17.3 Å². The second-order valence-corrected chi connectivity index (χ2v) is 9.22. The van der Waals surface area contributed by atoms with E-state index in [2.05, 4.69) is 5.32 Å². The van der Waals surface area contributed by atoms with E-state index in [0.29, 0.717) is 36.5 Å². The van der Waals surface area contributed by atoms with Crippen LogP contribution in [-0.2, 0) is 30.9 Å². The number of nitrogens with one attached hydrogen (secondary N) is 1. The molecule has 0 saturated carbocycles. The normalized spacial score (nSPS) is 11.6. The summed E-state index contributed by atoms with van der Waals surface area (Å²) >= 11 is 0. The van der Waals surface area contributed by atoms with Gasteiger partial charge in [0, 0.05) is 36.3 Å². The molecule has 0 aliphatic carbocycles. The zero-order valence-electron chi connectivity index (χ0n) is 19.4. The Bertz CT molecular complexity index is 1250. The fourth-order valence-corrected chi connectivity index (χ4v) is 4.89. The van der Waals surface area contributed by atoms with E-state index in [1.54, 1.807) is 26.0 Å². The van der Waals surface area contributed by atoms with Gasteiger partial charge < -0.3 is 19.2 Å². The van der Waals surface area contributed by atoms with E-state index < -0.39 is 28.5 Å². The molecule has 0 bridgehead atoms. The van der Waals surface area contributed by atoms with E-state index >= 15 is 0 Å². The maximum atomic E-state index is 12.6. The van der Waals surface area contributed by atoms with Gasteiger partial charge in [-0.05, 0) is 37.3 Å². The fraction of sp³-hybridized carbons (Fsp3) is 0.333. The summed E-state index contributed by atoms with van der Waals surface area (Å²) in [5, 5.41) is 3.32. The molecule has 0 aliphatic heterocycles. The van der Waals surface area contributed by atoms with E-state index in [9.17, 15) is 18.0 Å². The molecular weight excluding hydrogens is 460 g/mol. The highest BCUT2D eigenvalue weighted by atomic mass is 32.2. The topological polar surface area (TPSA) is 115 Å². The zero-order chi connectivity index (χ0) is 24.7. The second-order valence-electron chi connectivity index (χ2n) is 7.28. The number of nitrogens with zero attached hydrogens (tertiary/aromatic N) is 1. The lowest BCUT2D eigenvalue weighted by atomic mass is 10.1. The molecular formula is C24H28N2O7S. The van der Waals surface area contributed by atoms with Crippen molar-refractivity contribution in [2.75, 3.05) is 31.6 Å². The van der Waals surface area contributed by atoms with Crippen molar-refractivity contribution in [2.45, 2.75) is 32.3 Å². The first-order valence-electron chi connectivity index (χ1n) is 11.0. The lowest BCUT2D eigenvalue weighted by Gasteiger charge is -2.18. The molecule has 0 atom stereocenters.